The molecule has 0 atom stereocenters. The Hall–Kier alpha value is 2.55. The Labute approximate surface area is 157 Å². The topological polar surface area (TPSA) is 80.3 Å². The number of carbonyl (C=O) groups excluding carboxylic acids is 2. The molecular weight excluding hydrogens is 283 g/mol. The minimum absolute atomic E-state index is 0. The van der Waals surface area contributed by atoms with Crippen LogP contribution in [0.25, 0.3) is 0 Å². The van der Waals surface area contributed by atoms with Crippen LogP contribution in [0.15, 0.2) is 0 Å². The first-order valence-electron chi connectivity index (χ1n) is 1.82. The number of hydrogen-bond donors (Lipinski definition) is 0. The van der Waals surface area contributed by atoms with Gasteiger partial charge in [-0.3, -0.25) is 0 Å². The zero-order chi connectivity index (χ0) is 7.15. The smallest absolute Gasteiger partial charge is 0.550 e. The quantitative estimate of drug-likeness (QED) is 0.443. The third-order valence-electron chi connectivity index (χ3n) is 0. The average Bonchev–Trinajstić information content (AvgIpc) is 1.25. The molecule has 10 heavy (non-hydrogen) atoms. The first-order chi connectivity index (χ1) is 3.46. The van der Waals surface area contributed by atoms with Crippen molar-refractivity contribution in [3.8, 4) is 0 Å². The van der Waals surface area contributed by atoms with E-state index in [1.54, 1.807) is 0 Å². The summed E-state index contributed by atoms with van der Waals surface area (Å²) in [5.41, 5.74) is 0. The summed E-state index contributed by atoms with van der Waals surface area (Å²) in [5, 5.41) is 17.8. The molecule has 0 spiro atoms. The number of carboxylic acids is 2. The van der Waals surface area contributed by atoms with Gasteiger partial charge < -0.3 is 19.8 Å². The van der Waals surface area contributed by atoms with Gasteiger partial charge in [0.2, 0.25) is 0 Å². The van der Waals surface area contributed by atoms with Crippen LogP contribution in [0, 0.1) is 0 Å². The van der Waals surface area contributed by atoms with Crippen LogP contribution in [0.1, 0.15) is 13.8 Å². The maximum absolute atomic E-state index is 8.89. The molecule has 0 aromatic heterocycles. The van der Waals surface area contributed by atoms with Crippen molar-refractivity contribution in [3.05, 3.63) is 0 Å². The van der Waals surface area contributed by atoms with E-state index < -0.39 is 11.9 Å². The SMILES string of the molecule is CC(=O)[O-].CC(=O)[O-].[Rb+].[Rb+]. The first-order valence-corrected chi connectivity index (χ1v) is 1.82. The van der Waals surface area contributed by atoms with Gasteiger partial charge in [-0.15, -0.1) is 0 Å². The third kappa shape index (κ3) is 148. The summed E-state index contributed by atoms with van der Waals surface area (Å²) >= 11 is 0. The molecule has 0 bridgehead atoms. The van der Waals surface area contributed by atoms with Crippen molar-refractivity contribution in [1.82, 2.24) is 0 Å². The molecule has 0 fully saturated rings. The molecule has 0 radical (unpaired) electrons. The molecule has 0 aromatic carbocycles. The Kier molecular flexibility index (Phi) is 40.3. The van der Waals surface area contributed by atoms with Crippen LogP contribution in [-0.4, -0.2) is 11.9 Å². The van der Waals surface area contributed by atoms with E-state index in [0.29, 0.717) is 0 Å². The van der Waals surface area contributed by atoms with Crippen LogP contribution < -0.4 is 127 Å². The molecule has 0 aromatic rings. The van der Waals surface area contributed by atoms with E-state index in [2.05, 4.69) is 0 Å². The summed E-state index contributed by atoms with van der Waals surface area (Å²) in [6, 6.07) is 0. The van der Waals surface area contributed by atoms with Gasteiger partial charge in [-0.05, 0) is 13.8 Å². The molecule has 6 heteroatoms. The van der Waals surface area contributed by atoms with Gasteiger partial charge in [0.15, 0.2) is 0 Å². The van der Waals surface area contributed by atoms with Gasteiger partial charge in [-0.25, -0.2) is 0 Å². The largest absolute Gasteiger partial charge is 1.00 e. The Bertz CT molecular complexity index is 73.3. The van der Waals surface area contributed by atoms with E-state index in [9.17, 15) is 0 Å². The van der Waals surface area contributed by atoms with Gasteiger partial charge in [0, 0.05) is 11.9 Å². The monoisotopic (exact) mass is 288 g/mol. The van der Waals surface area contributed by atoms with E-state index in [0.717, 1.165) is 13.8 Å². The number of carboxylic acid groups (broad SMARTS) is 2. The standard InChI is InChI=1S/2C2H4O2.2Rb/c2*1-2(3)4;;/h2*1H3,(H,3,4);;/q;;2*+1/p-2. The van der Waals surface area contributed by atoms with Crippen molar-refractivity contribution in [3.63, 3.8) is 0 Å². The van der Waals surface area contributed by atoms with Gasteiger partial charge in [0.25, 0.3) is 0 Å². The second-order valence-corrected chi connectivity index (χ2v) is 0.983. The van der Waals surface area contributed by atoms with Gasteiger partial charge in [0.1, 0.15) is 0 Å². The molecule has 0 aliphatic rings. The van der Waals surface area contributed by atoms with Crippen molar-refractivity contribution in [2.45, 2.75) is 13.8 Å². The van der Waals surface area contributed by atoms with Crippen LogP contribution in [0.3, 0.4) is 0 Å². The Morgan fingerprint density at radius 2 is 0.900 bits per heavy atom. The maximum atomic E-state index is 8.89. The molecule has 4 nitrogen and oxygen atoms in total. The molecule has 0 amide bonds. The molecule has 0 N–H and O–H groups in total. The van der Waals surface area contributed by atoms with E-state index in [4.69, 9.17) is 19.8 Å². The van der Waals surface area contributed by atoms with Crippen LogP contribution in [0.2, 0.25) is 0 Å². The van der Waals surface area contributed by atoms with Gasteiger partial charge in [-0.2, -0.15) is 0 Å². The van der Waals surface area contributed by atoms with E-state index >= 15 is 0 Å². The van der Waals surface area contributed by atoms with Crippen LogP contribution in [0.4, 0.5) is 0 Å². The van der Waals surface area contributed by atoms with Gasteiger partial charge in [-0.1, -0.05) is 0 Å². The van der Waals surface area contributed by atoms with E-state index in [-0.39, 0.29) is 116 Å². The first kappa shape index (κ1) is 22.9. The molecule has 0 aliphatic carbocycles. The minimum Gasteiger partial charge on any atom is -0.550 e. The third-order valence-corrected chi connectivity index (χ3v) is 0. The van der Waals surface area contributed by atoms with Crippen molar-refractivity contribution in [2.24, 2.45) is 0 Å². The fourth-order valence-electron chi connectivity index (χ4n) is 0. The zero-order valence-electron chi connectivity index (χ0n) is 6.63. The molecule has 0 aliphatic heterocycles. The molecule has 0 rings (SSSR count). The molecule has 0 saturated carbocycles. The molecule has 48 valence electrons. The summed E-state index contributed by atoms with van der Waals surface area (Å²) in [6.07, 6.45) is 0. The molecule has 0 heterocycles. The number of carbonyl (C=O) groups is 2. The second kappa shape index (κ2) is 17.6. The molecule has 0 unspecified atom stereocenters. The summed E-state index contributed by atoms with van der Waals surface area (Å²) in [7, 11) is 0. The summed E-state index contributed by atoms with van der Waals surface area (Å²) in [5.74, 6) is -2.17. The van der Waals surface area contributed by atoms with E-state index in [1.807, 2.05) is 0 Å². The fourth-order valence-corrected chi connectivity index (χ4v) is 0. The fraction of sp³-hybridized carbons (Fsp3) is 0.500. The van der Waals surface area contributed by atoms with Crippen LogP contribution >= 0.6 is 0 Å². The molecule has 0 saturated heterocycles. The second-order valence-electron chi connectivity index (χ2n) is 0.983. The summed E-state index contributed by atoms with van der Waals surface area (Å²) in [4.78, 5) is 17.8. The number of aliphatic carboxylic acids is 2. The van der Waals surface area contributed by atoms with Crippen molar-refractivity contribution < 1.29 is 136 Å². The van der Waals surface area contributed by atoms with Gasteiger partial charge in [0.05, 0.1) is 0 Å². The van der Waals surface area contributed by atoms with Crippen molar-refractivity contribution in [1.29, 1.82) is 0 Å². The Balaban J connectivity index is -0.0000000300. The summed E-state index contributed by atoms with van der Waals surface area (Å²) in [6.45, 7) is 1.94. The van der Waals surface area contributed by atoms with Crippen molar-refractivity contribution in [2.75, 3.05) is 0 Å². The minimum atomic E-state index is -1.08. The van der Waals surface area contributed by atoms with E-state index in [1.165, 1.54) is 0 Å². The summed E-state index contributed by atoms with van der Waals surface area (Å²) < 4.78 is 0. The Morgan fingerprint density at radius 3 is 0.900 bits per heavy atom. The number of rotatable bonds is 0. The predicted molar refractivity (Wildman–Crippen MR) is 21.4 cm³/mol. The zero-order valence-corrected chi connectivity index (χ0v) is 16.5. The predicted octanol–water partition coefficient (Wildman–Crippen LogP) is -8.48. The Morgan fingerprint density at radius 1 is 0.900 bits per heavy atom. The maximum Gasteiger partial charge on any atom is 1.00 e. The average molecular weight is 289 g/mol. The van der Waals surface area contributed by atoms with Crippen LogP contribution in [-0.2, 0) is 9.59 Å². The number of hydrogen-bond acceptors (Lipinski definition) is 4. The molecular formula is C4H6O4Rb2. The normalized spacial score (nSPS) is 5.00. The van der Waals surface area contributed by atoms with Gasteiger partial charge >= 0.3 is 116 Å². The van der Waals surface area contributed by atoms with Crippen LogP contribution in [0.5, 0.6) is 0 Å². The van der Waals surface area contributed by atoms with Crippen molar-refractivity contribution >= 4 is 11.9 Å².